The largest absolute Gasteiger partial charge is 0.457 e. The van der Waals surface area contributed by atoms with Crippen LogP contribution in [0, 0.1) is 0 Å². The van der Waals surface area contributed by atoms with Gasteiger partial charge in [0.15, 0.2) is 5.78 Å². The quantitative estimate of drug-likeness (QED) is 0.457. The van der Waals surface area contributed by atoms with Crippen LogP contribution in [0.3, 0.4) is 0 Å². The minimum Gasteiger partial charge on any atom is -0.457 e. The van der Waals surface area contributed by atoms with E-state index in [-0.39, 0.29) is 5.78 Å². The van der Waals surface area contributed by atoms with E-state index in [1.165, 1.54) is 6.08 Å². The molecular weight excluding hydrogens is 216 g/mol. The first-order valence-electron chi connectivity index (χ1n) is 5.39. The van der Waals surface area contributed by atoms with Gasteiger partial charge in [-0.05, 0) is 26.8 Å². The van der Waals surface area contributed by atoms with Gasteiger partial charge in [0, 0.05) is 11.6 Å². The van der Waals surface area contributed by atoms with Gasteiger partial charge in [-0.25, -0.2) is 4.79 Å². The zero-order valence-electron chi connectivity index (χ0n) is 10.3. The Kier molecular flexibility index (Phi) is 4.21. The lowest BCUT2D eigenvalue weighted by molar-refractivity contribution is -0.148. The number of esters is 1. The molecule has 0 fully saturated rings. The highest BCUT2D eigenvalue weighted by atomic mass is 16.6. The second-order valence-electron chi connectivity index (χ2n) is 4.60. The van der Waals surface area contributed by atoms with Crippen molar-refractivity contribution >= 4 is 11.8 Å². The number of rotatable bonds is 3. The lowest BCUT2D eigenvalue weighted by Crippen LogP contribution is -2.22. The first-order chi connectivity index (χ1) is 7.88. The van der Waals surface area contributed by atoms with Gasteiger partial charge in [0.25, 0.3) is 0 Å². The SMILES string of the molecule is CC(C)(C)OC(=O)/C=C\C(=O)c1ccccc1. The number of carbonyl (C=O) groups is 2. The Hall–Kier alpha value is -1.90. The lowest BCUT2D eigenvalue weighted by Gasteiger charge is -2.17. The van der Waals surface area contributed by atoms with Gasteiger partial charge in [0.05, 0.1) is 0 Å². The van der Waals surface area contributed by atoms with Crippen LogP contribution < -0.4 is 0 Å². The van der Waals surface area contributed by atoms with Crippen LogP contribution in [0.15, 0.2) is 42.5 Å². The molecule has 0 aliphatic heterocycles. The molecule has 0 saturated heterocycles. The highest BCUT2D eigenvalue weighted by molar-refractivity contribution is 6.06. The van der Waals surface area contributed by atoms with E-state index in [4.69, 9.17) is 4.74 Å². The van der Waals surface area contributed by atoms with E-state index < -0.39 is 11.6 Å². The Labute approximate surface area is 101 Å². The summed E-state index contributed by atoms with van der Waals surface area (Å²) in [6, 6.07) is 8.76. The van der Waals surface area contributed by atoms with Gasteiger partial charge in [0.2, 0.25) is 0 Å². The molecule has 0 N–H and O–H groups in total. The maximum Gasteiger partial charge on any atom is 0.331 e. The van der Waals surface area contributed by atoms with Crippen molar-refractivity contribution in [1.82, 2.24) is 0 Å². The van der Waals surface area contributed by atoms with Crippen molar-refractivity contribution in [3.63, 3.8) is 0 Å². The van der Waals surface area contributed by atoms with E-state index in [9.17, 15) is 9.59 Å². The smallest absolute Gasteiger partial charge is 0.331 e. The average molecular weight is 232 g/mol. The fraction of sp³-hybridized carbons (Fsp3) is 0.286. The van der Waals surface area contributed by atoms with Crippen molar-refractivity contribution in [3.05, 3.63) is 48.0 Å². The number of ketones is 1. The maximum absolute atomic E-state index is 11.6. The zero-order valence-corrected chi connectivity index (χ0v) is 10.3. The molecule has 1 aromatic carbocycles. The van der Waals surface area contributed by atoms with E-state index in [0.717, 1.165) is 6.08 Å². The Morgan fingerprint density at radius 1 is 1.06 bits per heavy atom. The van der Waals surface area contributed by atoms with Crippen LogP contribution in [-0.2, 0) is 9.53 Å². The molecule has 0 saturated carbocycles. The predicted molar refractivity (Wildman–Crippen MR) is 65.8 cm³/mol. The average Bonchev–Trinajstić information content (AvgIpc) is 2.25. The Morgan fingerprint density at radius 3 is 2.18 bits per heavy atom. The minimum atomic E-state index is -0.544. The number of carbonyl (C=O) groups excluding carboxylic acids is 2. The third kappa shape index (κ3) is 5.11. The van der Waals surface area contributed by atoms with E-state index in [1.54, 1.807) is 45.0 Å². The van der Waals surface area contributed by atoms with Crippen LogP contribution in [0.5, 0.6) is 0 Å². The number of benzene rings is 1. The van der Waals surface area contributed by atoms with Crippen LogP contribution >= 0.6 is 0 Å². The molecule has 1 aromatic rings. The minimum absolute atomic E-state index is 0.212. The number of hydrogen-bond donors (Lipinski definition) is 0. The van der Waals surface area contributed by atoms with Crippen LogP contribution in [0.2, 0.25) is 0 Å². The highest BCUT2D eigenvalue weighted by Gasteiger charge is 2.14. The maximum atomic E-state index is 11.6. The van der Waals surface area contributed by atoms with Gasteiger partial charge < -0.3 is 4.74 Å². The van der Waals surface area contributed by atoms with Gasteiger partial charge in [0.1, 0.15) is 5.60 Å². The Bertz CT molecular complexity index is 425. The fourth-order valence-electron chi connectivity index (χ4n) is 1.18. The third-order valence-electron chi connectivity index (χ3n) is 1.84. The Morgan fingerprint density at radius 2 is 1.65 bits per heavy atom. The molecule has 0 unspecified atom stereocenters. The molecule has 0 atom stereocenters. The van der Waals surface area contributed by atoms with E-state index >= 15 is 0 Å². The van der Waals surface area contributed by atoms with Crippen LogP contribution in [0.1, 0.15) is 31.1 Å². The molecule has 0 aliphatic rings. The summed E-state index contributed by atoms with van der Waals surface area (Å²) in [6.07, 6.45) is 2.38. The van der Waals surface area contributed by atoms with Gasteiger partial charge >= 0.3 is 5.97 Å². The first kappa shape index (κ1) is 13.2. The summed E-state index contributed by atoms with van der Waals surface area (Å²) in [5, 5.41) is 0. The summed E-state index contributed by atoms with van der Waals surface area (Å²) in [5.74, 6) is -0.724. The molecule has 0 aliphatic carbocycles. The standard InChI is InChI=1S/C14H16O3/c1-14(2,3)17-13(16)10-9-12(15)11-7-5-4-6-8-11/h4-10H,1-3H3/b10-9-. The molecule has 1 rings (SSSR count). The monoisotopic (exact) mass is 232 g/mol. The molecule has 3 heteroatoms. The highest BCUT2D eigenvalue weighted by Crippen LogP contribution is 2.07. The molecule has 0 bridgehead atoms. The van der Waals surface area contributed by atoms with Crippen molar-refractivity contribution in [1.29, 1.82) is 0 Å². The van der Waals surface area contributed by atoms with Crippen LogP contribution in [0.4, 0.5) is 0 Å². The molecular formula is C14H16O3. The third-order valence-corrected chi connectivity index (χ3v) is 1.84. The van der Waals surface area contributed by atoms with E-state index in [2.05, 4.69) is 0 Å². The topological polar surface area (TPSA) is 43.4 Å². The summed E-state index contributed by atoms with van der Waals surface area (Å²) < 4.78 is 5.05. The molecule has 0 aromatic heterocycles. The molecule has 0 amide bonds. The zero-order chi connectivity index (χ0) is 12.9. The summed E-state index contributed by atoms with van der Waals surface area (Å²) in [5.41, 5.74) is 0.00401. The van der Waals surface area contributed by atoms with Crippen LogP contribution in [0.25, 0.3) is 0 Å². The number of ether oxygens (including phenoxy) is 1. The molecule has 17 heavy (non-hydrogen) atoms. The van der Waals surface area contributed by atoms with E-state index in [0.29, 0.717) is 5.56 Å². The van der Waals surface area contributed by atoms with Crippen molar-refractivity contribution in [2.45, 2.75) is 26.4 Å². The molecule has 0 heterocycles. The van der Waals surface area contributed by atoms with Crippen LogP contribution in [-0.4, -0.2) is 17.4 Å². The fourth-order valence-corrected chi connectivity index (χ4v) is 1.18. The molecule has 90 valence electrons. The Balaban J connectivity index is 2.61. The molecule has 0 radical (unpaired) electrons. The van der Waals surface area contributed by atoms with Gasteiger partial charge in [-0.1, -0.05) is 30.3 Å². The molecule has 0 spiro atoms. The predicted octanol–water partition coefficient (Wildman–Crippen LogP) is 2.77. The second kappa shape index (κ2) is 5.43. The van der Waals surface area contributed by atoms with Gasteiger partial charge in [-0.15, -0.1) is 0 Å². The van der Waals surface area contributed by atoms with Gasteiger partial charge in [-0.2, -0.15) is 0 Å². The van der Waals surface area contributed by atoms with Gasteiger partial charge in [-0.3, -0.25) is 4.79 Å². The second-order valence-corrected chi connectivity index (χ2v) is 4.60. The first-order valence-corrected chi connectivity index (χ1v) is 5.39. The normalized spacial score (nSPS) is 11.5. The van der Waals surface area contributed by atoms with Crippen molar-refractivity contribution < 1.29 is 14.3 Å². The number of hydrogen-bond acceptors (Lipinski definition) is 3. The molecule has 3 nitrogen and oxygen atoms in total. The number of allylic oxidation sites excluding steroid dienone is 1. The van der Waals surface area contributed by atoms with Crippen molar-refractivity contribution in [2.24, 2.45) is 0 Å². The summed E-state index contributed by atoms with van der Waals surface area (Å²) in [6.45, 7) is 5.33. The van der Waals surface area contributed by atoms with Crippen molar-refractivity contribution in [3.8, 4) is 0 Å². The van der Waals surface area contributed by atoms with E-state index in [1.807, 2.05) is 6.07 Å². The summed E-state index contributed by atoms with van der Waals surface area (Å²) >= 11 is 0. The summed E-state index contributed by atoms with van der Waals surface area (Å²) in [4.78, 5) is 23.0. The summed E-state index contributed by atoms with van der Waals surface area (Å²) in [7, 11) is 0. The lowest BCUT2D eigenvalue weighted by atomic mass is 10.1. The van der Waals surface area contributed by atoms with Crippen molar-refractivity contribution in [2.75, 3.05) is 0 Å².